The van der Waals surface area contributed by atoms with Gasteiger partial charge in [0.2, 0.25) is 0 Å². The highest BCUT2D eigenvalue weighted by Gasteiger charge is 2.18. The quantitative estimate of drug-likeness (QED) is 0.890. The lowest BCUT2D eigenvalue weighted by Crippen LogP contribution is -2.19. The summed E-state index contributed by atoms with van der Waals surface area (Å²) in [5, 5.41) is 4.68. The molecule has 0 radical (unpaired) electrons. The Bertz CT molecular complexity index is 613. The van der Waals surface area contributed by atoms with Crippen molar-refractivity contribution in [1.29, 1.82) is 0 Å². The van der Waals surface area contributed by atoms with E-state index in [0.29, 0.717) is 5.02 Å². The second-order valence-electron chi connectivity index (χ2n) is 4.61. The van der Waals surface area contributed by atoms with Gasteiger partial charge in [0, 0.05) is 10.0 Å². The van der Waals surface area contributed by atoms with E-state index in [2.05, 4.69) is 12.2 Å². The Morgan fingerprint density at radius 3 is 2.40 bits per heavy atom. The normalized spacial score (nSPS) is 12.2. The third-order valence-corrected chi connectivity index (χ3v) is 3.92. The molecule has 2 aromatic carbocycles. The molecule has 0 aliphatic rings. The van der Waals surface area contributed by atoms with E-state index in [1.165, 1.54) is 5.56 Å². The molecule has 0 aliphatic carbocycles. The zero-order valence-corrected chi connectivity index (χ0v) is 13.2. The summed E-state index contributed by atoms with van der Waals surface area (Å²) in [6.45, 7) is 2.06. The van der Waals surface area contributed by atoms with Crippen LogP contribution in [0.15, 0.2) is 36.4 Å². The van der Waals surface area contributed by atoms with Gasteiger partial charge in [0.25, 0.3) is 0 Å². The van der Waals surface area contributed by atoms with Crippen molar-refractivity contribution in [2.24, 2.45) is 0 Å². The van der Waals surface area contributed by atoms with Crippen molar-refractivity contribution < 1.29 is 4.74 Å². The molecule has 0 saturated carbocycles. The van der Waals surface area contributed by atoms with Crippen molar-refractivity contribution in [3.05, 3.63) is 63.1 Å². The second kappa shape index (κ2) is 6.49. The van der Waals surface area contributed by atoms with Crippen molar-refractivity contribution in [2.75, 3.05) is 14.2 Å². The highest BCUT2D eigenvalue weighted by atomic mass is 35.5. The van der Waals surface area contributed by atoms with E-state index in [1.807, 2.05) is 43.4 Å². The number of methoxy groups -OCH3 is 1. The summed E-state index contributed by atoms with van der Waals surface area (Å²) in [7, 11) is 3.54. The van der Waals surface area contributed by atoms with Crippen molar-refractivity contribution in [1.82, 2.24) is 5.32 Å². The highest BCUT2D eigenvalue weighted by molar-refractivity contribution is 6.31. The van der Waals surface area contributed by atoms with Gasteiger partial charge in [-0.3, -0.25) is 0 Å². The van der Waals surface area contributed by atoms with E-state index in [1.54, 1.807) is 7.11 Å². The van der Waals surface area contributed by atoms with Gasteiger partial charge in [-0.25, -0.2) is 0 Å². The zero-order chi connectivity index (χ0) is 14.7. The summed E-state index contributed by atoms with van der Waals surface area (Å²) < 4.78 is 5.19. The molecule has 0 aliphatic heterocycles. The molecule has 2 aromatic rings. The number of halogens is 2. The van der Waals surface area contributed by atoms with Crippen molar-refractivity contribution in [3.63, 3.8) is 0 Å². The lowest BCUT2D eigenvalue weighted by atomic mass is 9.95. The molecule has 0 spiro atoms. The number of aryl methyl sites for hydroxylation is 1. The molecule has 4 heteroatoms. The van der Waals surface area contributed by atoms with E-state index in [-0.39, 0.29) is 6.04 Å². The predicted octanol–water partition coefficient (Wildman–Crippen LogP) is 4.62. The molecule has 0 heterocycles. The Kier molecular flexibility index (Phi) is 4.92. The van der Waals surface area contributed by atoms with Crippen LogP contribution in [0.5, 0.6) is 5.75 Å². The van der Waals surface area contributed by atoms with Crippen LogP contribution in [-0.4, -0.2) is 14.2 Å². The Hall–Kier alpha value is -1.22. The SMILES string of the molecule is CNC(c1cc(Cl)ccc1C)c1ccc(OC)cc1Cl. The van der Waals surface area contributed by atoms with Crippen LogP contribution in [-0.2, 0) is 0 Å². The lowest BCUT2D eigenvalue weighted by molar-refractivity contribution is 0.414. The first-order chi connectivity index (χ1) is 9.56. The summed E-state index contributed by atoms with van der Waals surface area (Å²) in [5.74, 6) is 0.747. The summed E-state index contributed by atoms with van der Waals surface area (Å²) in [4.78, 5) is 0. The minimum atomic E-state index is -0.00731. The van der Waals surface area contributed by atoms with Crippen LogP contribution in [0.1, 0.15) is 22.7 Å². The first-order valence-electron chi connectivity index (χ1n) is 6.33. The molecule has 20 heavy (non-hydrogen) atoms. The molecular formula is C16H17Cl2NO. The van der Waals surface area contributed by atoms with Gasteiger partial charge in [-0.15, -0.1) is 0 Å². The smallest absolute Gasteiger partial charge is 0.120 e. The van der Waals surface area contributed by atoms with Gasteiger partial charge in [-0.2, -0.15) is 0 Å². The molecule has 106 valence electrons. The fourth-order valence-corrected chi connectivity index (χ4v) is 2.73. The highest BCUT2D eigenvalue weighted by Crippen LogP contribution is 2.33. The first kappa shape index (κ1) is 15.2. The third kappa shape index (κ3) is 3.09. The Morgan fingerprint density at radius 2 is 1.80 bits per heavy atom. The summed E-state index contributed by atoms with van der Waals surface area (Å²) >= 11 is 12.5. The van der Waals surface area contributed by atoms with Crippen LogP contribution in [0.2, 0.25) is 10.0 Å². The topological polar surface area (TPSA) is 21.3 Å². The Balaban J connectivity index is 2.49. The first-order valence-corrected chi connectivity index (χ1v) is 7.09. The van der Waals surface area contributed by atoms with Gasteiger partial charge in [-0.05, 0) is 54.9 Å². The second-order valence-corrected chi connectivity index (χ2v) is 5.45. The summed E-state index contributed by atoms with van der Waals surface area (Å²) in [6.07, 6.45) is 0. The minimum absolute atomic E-state index is 0.00731. The number of rotatable bonds is 4. The molecule has 0 fully saturated rings. The van der Waals surface area contributed by atoms with Crippen LogP contribution in [0.25, 0.3) is 0 Å². The van der Waals surface area contributed by atoms with E-state index in [0.717, 1.165) is 21.9 Å². The fraction of sp³-hybridized carbons (Fsp3) is 0.250. The standard InChI is InChI=1S/C16H17Cl2NO/c1-10-4-5-11(17)8-14(10)16(19-2)13-7-6-12(20-3)9-15(13)18/h4-9,16,19H,1-3H3. The van der Waals surface area contributed by atoms with Gasteiger partial charge in [0.1, 0.15) is 5.75 Å². The molecule has 1 N–H and O–H groups in total. The number of ether oxygens (including phenoxy) is 1. The lowest BCUT2D eigenvalue weighted by Gasteiger charge is -2.21. The molecule has 0 aromatic heterocycles. The number of hydrogen-bond donors (Lipinski definition) is 1. The van der Waals surface area contributed by atoms with Crippen LogP contribution in [0.4, 0.5) is 0 Å². The maximum absolute atomic E-state index is 6.37. The zero-order valence-electron chi connectivity index (χ0n) is 11.7. The minimum Gasteiger partial charge on any atom is -0.497 e. The van der Waals surface area contributed by atoms with E-state index in [9.17, 15) is 0 Å². The molecule has 2 rings (SSSR count). The maximum Gasteiger partial charge on any atom is 0.120 e. The van der Waals surface area contributed by atoms with E-state index in [4.69, 9.17) is 27.9 Å². The molecule has 1 atom stereocenters. The van der Waals surface area contributed by atoms with Crippen LogP contribution in [0, 0.1) is 6.92 Å². The average Bonchev–Trinajstić information content (AvgIpc) is 2.44. The summed E-state index contributed by atoms with van der Waals surface area (Å²) in [6, 6.07) is 11.6. The van der Waals surface area contributed by atoms with Crippen LogP contribution >= 0.6 is 23.2 Å². The molecular weight excluding hydrogens is 293 g/mol. The van der Waals surface area contributed by atoms with Gasteiger partial charge in [0.15, 0.2) is 0 Å². The van der Waals surface area contributed by atoms with E-state index >= 15 is 0 Å². The Labute approximate surface area is 129 Å². The number of benzene rings is 2. The molecule has 0 amide bonds. The predicted molar refractivity (Wildman–Crippen MR) is 85.1 cm³/mol. The number of nitrogens with one attached hydrogen (secondary N) is 1. The monoisotopic (exact) mass is 309 g/mol. The fourth-order valence-electron chi connectivity index (χ4n) is 2.27. The maximum atomic E-state index is 6.37. The van der Waals surface area contributed by atoms with Crippen LogP contribution < -0.4 is 10.1 Å². The largest absolute Gasteiger partial charge is 0.497 e. The van der Waals surface area contributed by atoms with Crippen molar-refractivity contribution >= 4 is 23.2 Å². The van der Waals surface area contributed by atoms with Crippen molar-refractivity contribution in [2.45, 2.75) is 13.0 Å². The molecule has 1 unspecified atom stereocenters. The number of hydrogen-bond acceptors (Lipinski definition) is 2. The summed E-state index contributed by atoms with van der Waals surface area (Å²) in [5.41, 5.74) is 3.29. The van der Waals surface area contributed by atoms with Crippen molar-refractivity contribution in [3.8, 4) is 5.75 Å². The molecule has 2 nitrogen and oxygen atoms in total. The van der Waals surface area contributed by atoms with Gasteiger partial charge in [-0.1, -0.05) is 35.3 Å². The van der Waals surface area contributed by atoms with Crippen LogP contribution in [0.3, 0.4) is 0 Å². The van der Waals surface area contributed by atoms with Gasteiger partial charge < -0.3 is 10.1 Å². The van der Waals surface area contributed by atoms with E-state index < -0.39 is 0 Å². The average molecular weight is 310 g/mol. The molecule has 0 bridgehead atoms. The third-order valence-electron chi connectivity index (χ3n) is 3.36. The van der Waals surface area contributed by atoms with Gasteiger partial charge in [0.05, 0.1) is 13.2 Å². The Morgan fingerprint density at radius 1 is 1.05 bits per heavy atom. The molecule has 0 saturated heterocycles. The van der Waals surface area contributed by atoms with Gasteiger partial charge >= 0.3 is 0 Å².